The van der Waals surface area contributed by atoms with Crippen LogP contribution in [-0.4, -0.2) is 65.7 Å². The van der Waals surface area contributed by atoms with E-state index in [-0.39, 0.29) is 17.3 Å². The van der Waals surface area contributed by atoms with Crippen molar-refractivity contribution in [2.24, 2.45) is 5.41 Å². The number of methoxy groups -OCH3 is 1. The molecule has 1 fully saturated rings. The number of nitrogens with one attached hydrogen (secondary N) is 1. The number of pyridine rings is 1. The van der Waals surface area contributed by atoms with E-state index in [1.807, 2.05) is 27.0 Å². The highest BCUT2D eigenvalue weighted by atomic mass is 19.1. The fraction of sp³-hybridized carbons (Fsp3) is 0.543. The number of likely N-dealkylation sites (N-methyl/N-ethyl adjacent to an activating group) is 1. The zero-order valence-electron chi connectivity index (χ0n) is 29.3. The standard InChI is InChI=1S/C13H14F2N2O.C8H12N2.C8H17N.C6H14O/c1-16-13-6-5-10(9-17-13)11(4-3-7-14)12(8-15)18-2;1-6-5-9-10(7(6)2)8-3-4-8;1-7(2)8(3)6-9(4)5;1-5(7)6(2,3)4/h3-9H,1-2H3,(H,16,17);5,8H,3-4H2,1-2H3;6H2,1-5H3;5,7H,1-4H3/b7-3+,11-4-,12-8-;;;. The van der Waals surface area contributed by atoms with E-state index in [0.717, 1.165) is 18.7 Å². The van der Waals surface area contributed by atoms with E-state index < -0.39 is 0 Å². The van der Waals surface area contributed by atoms with Gasteiger partial charge in [0.25, 0.3) is 0 Å². The molecule has 1 atom stereocenters. The average molecular weight is 618 g/mol. The first-order valence-corrected chi connectivity index (χ1v) is 15.0. The number of aliphatic hydroxyl groups is 1. The van der Waals surface area contributed by atoms with Gasteiger partial charge >= 0.3 is 0 Å². The number of aryl methyl sites for hydroxylation is 1. The number of ether oxygens (including phenoxy) is 1. The maximum absolute atomic E-state index is 12.7. The summed E-state index contributed by atoms with van der Waals surface area (Å²) >= 11 is 0. The second-order valence-corrected chi connectivity index (χ2v) is 12.4. The molecule has 2 aromatic heterocycles. The molecular formula is C35H57F2N5O2. The number of hydrogen-bond acceptors (Lipinski definition) is 6. The number of anilines is 1. The molecule has 3 rings (SSSR count). The van der Waals surface area contributed by atoms with Gasteiger partial charge < -0.3 is 20.1 Å². The second kappa shape index (κ2) is 20.6. The molecule has 1 aliphatic rings. The first-order valence-electron chi connectivity index (χ1n) is 15.0. The number of rotatable bonds is 8. The Morgan fingerprint density at radius 2 is 1.75 bits per heavy atom. The fourth-order valence-corrected chi connectivity index (χ4v) is 3.20. The van der Waals surface area contributed by atoms with Crippen LogP contribution in [0.25, 0.3) is 5.57 Å². The van der Waals surface area contributed by atoms with Gasteiger partial charge in [0.2, 0.25) is 0 Å². The van der Waals surface area contributed by atoms with E-state index in [1.165, 1.54) is 48.4 Å². The van der Waals surface area contributed by atoms with Crippen molar-refractivity contribution in [3.05, 3.63) is 83.1 Å². The molecule has 1 unspecified atom stereocenters. The minimum atomic E-state index is -0.201. The molecule has 2 heterocycles. The minimum absolute atomic E-state index is 0.00658. The van der Waals surface area contributed by atoms with Crippen LogP contribution in [0.5, 0.6) is 0 Å². The lowest BCUT2D eigenvalue weighted by Gasteiger charge is -2.21. The van der Waals surface area contributed by atoms with Gasteiger partial charge in [0, 0.05) is 36.6 Å². The third-order valence-corrected chi connectivity index (χ3v) is 7.09. The van der Waals surface area contributed by atoms with Gasteiger partial charge in [-0.05, 0) is 104 Å². The Bertz CT molecular complexity index is 1210. The minimum Gasteiger partial charge on any atom is -0.494 e. The summed E-state index contributed by atoms with van der Waals surface area (Å²) in [7, 11) is 7.26. The maximum atomic E-state index is 12.7. The largest absolute Gasteiger partial charge is 0.494 e. The third kappa shape index (κ3) is 16.0. The van der Waals surface area contributed by atoms with Gasteiger partial charge in [0.15, 0.2) is 5.76 Å². The lowest BCUT2D eigenvalue weighted by Crippen LogP contribution is -2.21. The van der Waals surface area contributed by atoms with Gasteiger partial charge in [-0.15, -0.1) is 0 Å². The number of halogens is 2. The topological polar surface area (TPSA) is 75.4 Å². The van der Waals surface area contributed by atoms with Gasteiger partial charge in [-0.3, -0.25) is 4.68 Å². The van der Waals surface area contributed by atoms with Crippen molar-refractivity contribution in [1.82, 2.24) is 19.7 Å². The Morgan fingerprint density at radius 3 is 2.05 bits per heavy atom. The Labute approximate surface area is 265 Å². The summed E-state index contributed by atoms with van der Waals surface area (Å²) in [6.07, 6.45) is 9.19. The molecule has 2 N–H and O–H groups in total. The molecular weight excluding hydrogens is 560 g/mol. The van der Waals surface area contributed by atoms with E-state index in [2.05, 4.69) is 73.7 Å². The molecule has 0 aliphatic heterocycles. The summed E-state index contributed by atoms with van der Waals surface area (Å²) in [4.78, 5) is 6.29. The number of nitrogens with zero attached hydrogens (tertiary/aromatic N) is 4. The lowest BCUT2D eigenvalue weighted by molar-refractivity contribution is 0.0801. The van der Waals surface area contributed by atoms with Gasteiger partial charge in [-0.25, -0.2) is 13.8 Å². The highest BCUT2D eigenvalue weighted by Gasteiger charge is 2.25. The molecule has 7 nitrogen and oxygen atoms in total. The lowest BCUT2D eigenvalue weighted by atomic mass is 9.91. The van der Waals surface area contributed by atoms with Crippen LogP contribution in [0.4, 0.5) is 14.6 Å². The Hall–Kier alpha value is -3.30. The van der Waals surface area contributed by atoms with Gasteiger partial charge in [0.1, 0.15) is 12.1 Å². The van der Waals surface area contributed by atoms with E-state index >= 15 is 0 Å². The van der Waals surface area contributed by atoms with E-state index in [4.69, 9.17) is 9.84 Å². The van der Waals surface area contributed by atoms with Gasteiger partial charge in [0.05, 0.1) is 31.8 Å². The molecule has 9 heteroatoms. The maximum Gasteiger partial charge on any atom is 0.154 e. The SMILES string of the molecule is CC(C)=C(C)CN(C)C.CC(O)C(C)(C)C.CNc1ccc(C(=C/C=C/F)/C(=C/F)OC)cn1.Cc1cnn(C2CC2)c1C. The van der Waals surface area contributed by atoms with Crippen molar-refractivity contribution in [2.75, 3.05) is 40.1 Å². The van der Waals surface area contributed by atoms with Crippen LogP contribution in [0, 0.1) is 19.3 Å². The van der Waals surface area contributed by atoms with Crippen LogP contribution in [0.1, 0.15) is 84.2 Å². The quantitative estimate of drug-likeness (QED) is 0.176. The smallest absolute Gasteiger partial charge is 0.154 e. The van der Waals surface area contributed by atoms with Crippen LogP contribution in [-0.2, 0) is 4.74 Å². The monoisotopic (exact) mass is 617 g/mol. The van der Waals surface area contributed by atoms with Crippen LogP contribution in [0.15, 0.2) is 66.2 Å². The van der Waals surface area contributed by atoms with Crippen LogP contribution >= 0.6 is 0 Å². The summed E-state index contributed by atoms with van der Waals surface area (Å²) in [5.41, 5.74) is 6.64. The van der Waals surface area contributed by atoms with Crippen molar-refractivity contribution < 1.29 is 18.6 Å². The van der Waals surface area contributed by atoms with Crippen molar-refractivity contribution >= 4 is 11.4 Å². The Balaban J connectivity index is 0.000000605. The van der Waals surface area contributed by atoms with E-state index in [0.29, 0.717) is 29.6 Å². The summed E-state index contributed by atoms with van der Waals surface area (Å²) in [5.74, 6) is 0.689. The zero-order chi connectivity index (χ0) is 34.0. The van der Waals surface area contributed by atoms with E-state index in [9.17, 15) is 8.78 Å². The molecule has 1 aliphatic carbocycles. The van der Waals surface area contributed by atoms with Crippen molar-refractivity contribution in [3.63, 3.8) is 0 Å². The molecule has 0 amide bonds. The number of allylic oxidation sites excluding steroid dienone is 4. The number of aliphatic hydroxyl groups excluding tert-OH is 1. The predicted octanol–water partition coefficient (Wildman–Crippen LogP) is 8.60. The summed E-state index contributed by atoms with van der Waals surface area (Å²) < 4.78 is 31.8. The van der Waals surface area contributed by atoms with Gasteiger partial charge in [-0.2, -0.15) is 5.10 Å². The van der Waals surface area contributed by atoms with Crippen LogP contribution in [0.3, 0.4) is 0 Å². The zero-order valence-corrected chi connectivity index (χ0v) is 29.3. The highest BCUT2D eigenvalue weighted by Crippen LogP contribution is 2.35. The van der Waals surface area contributed by atoms with Crippen LogP contribution < -0.4 is 5.32 Å². The second-order valence-electron chi connectivity index (χ2n) is 12.4. The molecule has 0 aromatic carbocycles. The van der Waals surface area contributed by atoms with Gasteiger partial charge in [-0.1, -0.05) is 31.9 Å². The van der Waals surface area contributed by atoms with Crippen molar-refractivity contribution in [2.45, 2.75) is 87.3 Å². The fourth-order valence-electron chi connectivity index (χ4n) is 3.20. The Morgan fingerprint density at radius 1 is 1.16 bits per heavy atom. The summed E-state index contributed by atoms with van der Waals surface area (Å²) in [6.45, 7) is 19.7. The van der Waals surface area contributed by atoms with Crippen LogP contribution in [0.2, 0.25) is 0 Å². The molecule has 44 heavy (non-hydrogen) atoms. The summed E-state index contributed by atoms with van der Waals surface area (Å²) in [6, 6.07) is 4.20. The molecule has 0 saturated heterocycles. The molecule has 0 spiro atoms. The molecule has 0 bridgehead atoms. The first kappa shape index (κ1) is 40.7. The third-order valence-electron chi connectivity index (χ3n) is 7.09. The molecule has 2 aromatic rings. The Kier molecular flexibility index (Phi) is 19.1. The van der Waals surface area contributed by atoms with Crippen molar-refractivity contribution in [3.8, 4) is 0 Å². The number of hydrogen-bond donors (Lipinski definition) is 2. The average Bonchev–Trinajstić information content (AvgIpc) is 3.75. The highest BCUT2D eigenvalue weighted by molar-refractivity contribution is 5.78. The number of aromatic nitrogens is 3. The normalized spacial score (nSPS) is 14.0. The summed E-state index contributed by atoms with van der Waals surface area (Å²) in [5, 5.41) is 16.1. The predicted molar refractivity (Wildman–Crippen MR) is 182 cm³/mol. The van der Waals surface area contributed by atoms with E-state index in [1.54, 1.807) is 32.3 Å². The molecule has 248 valence electrons. The molecule has 0 radical (unpaired) electrons. The first-order chi connectivity index (χ1) is 20.5. The van der Waals surface area contributed by atoms with Crippen molar-refractivity contribution in [1.29, 1.82) is 0 Å². The molecule has 1 saturated carbocycles.